The molecule has 0 saturated heterocycles. The molecule has 0 heterocycles. The van der Waals surface area contributed by atoms with E-state index in [4.69, 9.17) is 5.11 Å². The molecule has 6 heteroatoms. The number of rotatable bonds is 6. The average molecular weight is 289 g/mol. The predicted molar refractivity (Wildman–Crippen MR) is 69.4 cm³/mol. The van der Waals surface area contributed by atoms with Gasteiger partial charge in [0, 0.05) is 18.5 Å². The van der Waals surface area contributed by atoms with E-state index in [0.29, 0.717) is 24.1 Å². The molecule has 2 N–H and O–H groups in total. The summed E-state index contributed by atoms with van der Waals surface area (Å²) in [6, 6.07) is 6.05. The highest BCUT2D eigenvalue weighted by atomic mass is 19.4. The van der Waals surface area contributed by atoms with Gasteiger partial charge in [0.1, 0.15) is 0 Å². The van der Waals surface area contributed by atoms with Crippen molar-refractivity contribution in [2.24, 2.45) is 0 Å². The van der Waals surface area contributed by atoms with Crippen molar-refractivity contribution >= 4 is 5.91 Å². The second-order valence-corrected chi connectivity index (χ2v) is 4.71. The fourth-order valence-electron chi connectivity index (χ4n) is 1.61. The normalized spacial score (nSPS) is 13.1. The maximum atomic E-state index is 12.1. The van der Waals surface area contributed by atoms with E-state index in [1.165, 1.54) is 24.3 Å². The Morgan fingerprint density at radius 3 is 2.40 bits per heavy atom. The van der Waals surface area contributed by atoms with Crippen LogP contribution in [0, 0.1) is 0 Å². The summed E-state index contributed by atoms with van der Waals surface area (Å²) in [5, 5.41) is 11.7. The van der Waals surface area contributed by atoms with Crippen LogP contribution in [0.15, 0.2) is 24.3 Å². The summed E-state index contributed by atoms with van der Waals surface area (Å²) in [4.78, 5) is 11.7. The van der Waals surface area contributed by atoms with Gasteiger partial charge >= 0.3 is 6.18 Å². The zero-order valence-electron chi connectivity index (χ0n) is 11.2. The molecule has 0 aliphatic carbocycles. The number of carbonyl (C=O) groups excluding carboxylic acids is 1. The Hall–Kier alpha value is -1.56. The third kappa shape index (κ3) is 6.56. The molecule has 112 valence electrons. The SMILES string of the molecule is CC(O)CCNC(=O)c1ccc(CCC(F)(F)F)cc1. The molecule has 0 saturated carbocycles. The number of alkyl halides is 3. The number of carbonyl (C=O) groups is 1. The van der Waals surface area contributed by atoms with Crippen LogP contribution in [-0.2, 0) is 6.42 Å². The van der Waals surface area contributed by atoms with Crippen LogP contribution < -0.4 is 5.32 Å². The number of amides is 1. The maximum Gasteiger partial charge on any atom is 0.389 e. The van der Waals surface area contributed by atoms with Crippen molar-refractivity contribution in [2.75, 3.05) is 6.54 Å². The van der Waals surface area contributed by atoms with Crippen molar-refractivity contribution in [3.05, 3.63) is 35.4 Å². The molecule has 1 atom stereocenters. The first-order valence-electron chi connectivity index (χ1n) is 6.40. The molecule has 0 aromatic heterocycles. The van der Waals surface area contributed by atoms with Gasteiger partial charge in [0.2, 0.25) is 0 Å². The third-order valence-electron chi connectivity index (χ3n) is 2.76. The Morgan fingerprint density at radius 2 is 1.90 bits per heavy atom. The highest BCUT2D eigenvalue weighted by Crippen LogP contribution is 2.22. The number of aliphatic hydroxyl groups excluding tert-OH is 1. The first kappa shape index (κ1) is 16.5. The number of benzene rings is 1. The van der Waals surface area contributed by atoms with Gasteiger partial charge in [-0.3, -0.25) is 4.79 Å². The van der Waals surface area contributed by atoms with Gasteiger partial charge in [-0.25, -0.2) is 0 Å². The van der Waals surface area contributed by atoms with Crippen molar-refractivity contribution < 1.29 is 23.1 Å². The Balaban J connectivity index is 2.47. The molecule has 20 heavy (non-hydrogen) atoms. The summed E-state index contributed by atoms with van der Waals surface area (Å²) < 4.78 is 36.2. The van der Waals surface area contributed by atoms with E-state index in [9.17, 15) is 18.0 Å². The maximum absolute atomic E-state index is 12.1. The standard InChI is InChI=1S/C14H18F3NO2/c1-10(19)7-9-18-13(20)12-4-2-11(3-5-12)6-8-14(15,16)17/h2-5,10,19H,6-9H2,1H3,(H,18,20). The lowest BCUT2D eigenvalue weighted by Gasteiger charge is -2.08. The van der Waals surface area contributed by atoms with Crippen molar-refractivity contribution in [2.45, 2.75) is 38.5 Å². The number of hydrogen-bond acceptors (Lipinski definition) is 2. The Labute approximate surface area is 115 Å². The average Bonchev–Trinajstić information content (AvgIpc) is 2.35. The van der Waals surface area contributed by atoms with Crippen molar-refractivity contribution in [1.29, 1.82) is 0 Å². The summed E-state index contributed by atoms with van der Waals surface area (Å²) in [7, 11) is 0. The van der Waals surface area contributed by atoms with E-state index in [1.807, 2.05) is 0 Å². The van der Waals surface area contributed by atoms with Gasteiger partial charge in [0.15, 0.2) is 0 Å². The molecule has 1 amide bonds. The van der Waals surface area contributed by atoms with Crippen LogP contribution in [0.1, 0.15) is 35.7 Å². The van der Waals surface area contributed by atoms with Gasteiger partial charge < -0.3 is 10.4 Å². The molecular weight excluding hydrogens is 271 g/mol. The van der Waals surface area contributed by atoms with E-state index in [-0.39, 0.29) is 12.3 Å². The van der Waals surface area contributed by atoms with Crippen LogP contribution in [-0.4, -0.2) is 29.8 Å². The molecule has 1 unspecified atom stereocenters. The minimum atomic E-state index is -4.17. The Morgan fingerprint density at radius 1 is 1.30 bits per heavy atom. The molecule has 3 nitrogen and oxygen atoms in total. The van der Waals surface area contributed by atoms with Crippen molar-refractivity contribution in [3.8, 4) is 0 Å². The topological polar surface area (TPSA) is 49.3 Å². The summed E-state index contributed by atoms with van der Waals surface area (Å²) in [5.74, 6) is -0.298. The van der Waals surface area contributed by atoms with E-state index in [0.717, 1.165) is 0 Å². The van der Waals surface area contributed by atoms with Gasteiger partial charge in [-0.05, 0) is 37.5 Å². The number of nitrogens with one attached hydrogen (secondary N) is 1. The number of aliphatic hydroxyl groups is 1. The van der Waals surface area contributed by atoms with E-state index >= 15 is 0 Å². The highest BCUT2D eigenvalue weighted by molar-refractivity contribution is 5.94. The molecule has 0 radical (unpaired) electrons. The number of aryl methyl sites for hydroxylation is 1. The molecule has 1 rings (SSSR count). The molecule has 0 bridgehead atoms. The molecular formula is C14H18F3NO2. The van der Waals surface area contributed by atoms with Crippen molar-refractivity contribution in [3.63, 3.8) is 0 Å². The van der Waals surface area contributed by atoms with Crippen LogP contribution >= 0.6 is 0 Å². The van der Waals surface area contributed by atoms with Crippen molar-refractivity contribution in [1.82, 2.24) is 5.32 Å². The second kappa shape index (κ2) is 7.28. The molecule has 1 aromatic rings. The minimum absolute atomic E-state index is 0.0899. The first-order chi connectivity index (χ1) is 9.28. The fourth-order valence-corrected chi connectivity index (χ4v) is 1.61. The largest absolute Gasteiger partial charge is 0.393 e. The summed E-state index contributed by atoms with van der Waals surface area (Å²) in [6.45, 7) is 1.98. The van der Waals surface area contributed by atoms with Gasteiger partial charge in [-0.2, -0.15) is 13.2 Å². The summed E-state index contributed by atoms with van der Waals surface area (Å²) >= 11 is 0. The lowest BCUT2D eigenvalue weighted by atomic mass is 10.1. The van der Waals surface area contributed by atoms with Gasteiger partial charge in [-0.1, -0.05) is 12.1 Å². The molecule has 1 aromatic carbocycles. The molecule has 0 fully saturated rings. The number of halogens is 3. The van der Waals surface area contributed by atoms with Gasteiger partial charge in [0.05, 0.1) is 6.10 Å². The summed E-state index contributed by atoms with van der Waals surface area (Å²) in [6.07, 6.45) is -5.16. The van der Waals surface area contributed by atoms with Crippen LogP contribution in [0.4, 0.5) is 13.2 Å². The predicted octanol–water partition coefficient (Wildman–Crippen LogP) is 2.68. The van der Waals surface area contributed by atoms with E-state index < -0.39 is 18.7 Å². The molecule has 0 aliphatic heterocycles. The third-order valence-corrected chi connectivity index (χ3v) is 2.76. The zero-order valence-corrected chi connectivity index (χ0v) is 11.2. The Kier molecular flexibility index (Phi) is 6.01. The number of hydrogen-bond donors (Lipinski definition) is 2. The first-order valence-corrected chi connectivity index (χ1v) is 6.40. The van der Waals surface area contributed by atoms with Crippen LogP contribution in [0.2, 0.25) is 0 Å². The zero-order chi connectivity index (χ0) is 15.2. The van der Waals surface area contributed by atoms with Crippen LogP contribution in [0.5, 0.6) is 0 Å². The quantitative estimate of drug-likeness (QED) is 0.846. The van der Waals surface area contributed by atoms with Gasteiger partial charge in [-0.15, -0.1) is 0 Å². The second-order valence-electron chi connectivity index (χ2n) is 4.71. The summed E-state index contributed by atoms with van der Waals surface area (Å²) in [5.41, 5.74) is 0.939. The molecule has 0 aliphatic rings. The lowest BCUT2D eigenvalue weighted by Crippen LogP contribution is -2.26. The smallest absolute Gasteiger partial charge is 0.389 e. The van der Waals surface area contributed by atoms with E-state index in [1.54, 1.807) is 6.92 Å². The molecule has 0 spiro atoms. The Bertz CT molecular complexity index is 427. The highest BCUT2D eigenvalue weighted by Gasteiger charge is 2.26. The van der Waals surface area contributed by atoms with Crippen LogP contribution in [0.3, 0.4) is 0 Å². The fraction of sp³-hybridized carbons (Fsp3) is 0.500. The monoisotopic (exact) mass is 289 g/mol. The van der Waals surface area contributed by atoms with Gasteiger partial charge in [0.25, 0.3) is 5.91 Å². The van der Waals surface area contributed by atoms with Crippen LogP contribution in [0.25, 0.3) is 0 Å². The lowest BCUT2D eigenvalue weighted by molar-refractivity contribution is -0.134. The van der Waals surface area contributed by atoms with E-state index in [2.05, 4.69) is 5.32 Å². The minimum Gasteiger partial charge on any atom is -0.393 e.